The van der Waals surface area contributed by atoms with Gasteiger partial charge in [-0.25, -0.2) is 4.79 Å². The third-order valence-electron chi connectivity index (χ3n) is 6.61. The predicted octanol–water partition coefficient (Wildman–Crippen LogP) is 1.25. The maximum atomic E-state index is 13.4. The first kappa shape index (κ1) is 32.0. The lowest BCUT2D eigenvalue weighted by Gasteiger charge is -2.28. The second-order valence-electron chi connectivity index (χ2n) is 9.75. The van der Waals surface area contributed by atoms with Crippen LogP contribution < -0.4 is 21.7 Å². The summed E-state index contributed by atoms with van der Waals surface area (Å²) in [6.45, 7) is 3.58. The van der Waals surface area contributed by atoms with Crippen molar-refractivity contribution < 1.29 is 34.2 Å². The molecule has 0 bridgehead atoms. The quantitative estimate of drug-likeness (QED) is 0.179. The summed E-state index contributed by atoms with van der Waals surface area (Å²) in [6, 6.07) is 13.2. The molecule has 216 valence electrons. The van der Waals surface area contributed by atoms with Gasteiger partial charge in [-0.3, -0.25) is 19.2 Å². The van der Waals surface area contributed by atoms with Gasteiger partial charge in [0.25, 0.3) is 0 Å². The molecule has 11 heteroatoms. The maximum Gasteiger partial charge on any atom is 0.326 e. The Bertz CT molecular complexity index is 1140. The number of aliphatic carboxylic acids is 2. The fraction of sp³-hybridized carbons (Fsp3) is 0.414. The average Bonchev–Trinajstić information content (AvgIpc) is 2.94. The van der Waals surface area contributed by atoms with Crippen LogP contribution in [0.3, 0.4) is 0 Å². The molecule has 0 aliphatic heterocycles. The van der Waals surface area contributed by atoms with Crippen molar-refractivity contribution in [1.82, 2.24) is 16.0 Å². The topological polar surface area (TPSA) is 188 Å². The van der Waals surface area contributed by atoms with Gasteiger partial charge in [0.05, 0.1) is 6.04 Å². The van der Waals surface area contributed by atoms with Gasteiger partial charge < -0.3 is 31.9 Å². The SMILES string of the molecule is CCC(C)C(NC(=O)C(N)CCC(=O)O)C(=O)NC(Cc1ccccc1)C(=O)NC(Cc1ccccc1)C(=O)O. The molecule has 0 aliphatic rings. The predicted molar refractivity (Wildman–Crippen MR) is 148 cm³/mol. The van der Waals surface area contributed by atoms with Gasteiger partial charge in [0.2, 0.25) is 17.7 Å². The van der Waals surface area contributed by atoms with Crippen molar-refractivity contribution >= 4 is 29.7 Å². The summed E-state index contributed by atoms with van der Waals surface area (Å²) in [5.74, 6) is -4.67. The van der Waals surface area contributed by atoms with Gasteiger partial charge in [-0.15, -0.1) is 0 Å². The van der Waals surface area contributed by atoms with Gasteiger partial charge >= 0.3 is 11.9 Å². The van der Waals surface area contributed by atoms with Crippen molar-refractivity contribution in [3.05, 3.63) is 71.8 Å². The van der Waals surface area contributed by atoms with E-state index in [2.05, 4.69) is 16.0 Å². The highest BCUT2D eigenvalue weighted by molar-refractivity contribution is 5.94. The summed E-state index contributed by atoms with van der Waals surface area (Å²) in [6.07, 6.45) is 0.231. The first-order chi connectivity index (χ1) is 19.0. The molecule has 11 nitrogen and oxygen atoms in total. The highest BCUT2D eigenvalue weighted by Gasteiger charge is 2.32. The molecule has 2 rings (SSSR count). The minimum Gasteiger partial charge on any atom is -0.481 e. The monoisotopic (exact) mass is 554 g/mol. The second-order valence-corrected chi connectivity index (χ2v) is 9.75. The molecule has 0 saturated heterocycles. The zero-order valence-corrected chi connectivity index (χ0v) is 22.7. The van der Waals surface area contributed by atoms with E-state index in [-0.39, 0.29) is 31.6 Å². The van der Waals surface area contributed by atoms with Crippen molar-refractivity contribution in [3.8, 4) is 0 Å². The van der Waals surface area contributed by atoms with Crippen molar-refractivity contribution in [2.75, 3.05) is 0 Å². The maximum absolute atomic E-state index is 13.4. The first-order valence-corrected chi connectivity index (χ1v) is 13.2. The number of carboxylic acid groups (broad SMARTS) is 2. The molecular formula is C29H38N4O7. The van der Waals surface area contributed by atoms with E-state index >= 15 is 0 Å². The number of nitrogens with one attached hydrogen (secondary N) is 3. The van der Waals surface area contributed by atoms with Crippen LogP contribution in [-0.2, 0) is 36.8 Å². The molecule has 0 spiro atoms. The number of carboxylic acids is 2. The van der Waals surface area contributed by atoms with Gasteiger partial charge in [0.15, 0.2) is 0 Å². The molecular weight excluding hydrogens is 516 g/mol. The van der Waals surface area contributed by atoms with Gasteiger partial charge in [-0.1, -0.05) is 80.9 Å². The Kier molecular flexibility index (Phi) is 12.8. The van der Waals surface area contributed by atoms with E-state index in [1.807, 2.05) is 6.92 Å². The van der Waals surface area contributed by atoms with Gasteiger partial charge in [0, 0.05) is 19.3 Å². The van der Waals surface area contributed by atoms with E-state index in [0.29, 0.717) is 6.42 Å². The fourth-order valence-electron chi connectivity index (χ4n) is 4.02. The van der Waals surface area contributed by atoms with Crippen molar-refractivity contribution in [2.45, 2.75) is 70.1 Å². The molecule has 2 aromatic rings. The Hall–Kier alpha value is -4.25. The summed E-state index contributed by atoms with van der Waals surface area (Å²) in [5, 5.41) is 26.5. The van der Waals surface area contributed by atoms with Crippen LogP contribution in [0.4, 0.5) is 0 Å². The number of carbonyl (C=O) groups excluding carboxylic acids is 3. The summed E-state index contributed by atoms with van der Waals surface area (Å²) in [4.78, 5) is 62.2. The van der Waals surface area contributed by atoms with E-state index in [4.69, 9.17) is 10.8 Å². The lowest BCUT2D eigenvalue weighted by atomic mass is 9.96. The molecule has 5 atom stereocenters. The molecule has 40 heavy (non-hydrogen) atoms. The number of hydrogen-bond donors (Lipinski definition) is 6. The van der Waals surface area contributed by atoms with Gasteiger partial charge in [-0.05, 0) is 23.5 Å². The summed E-state index contributed by atoms with van der Waals surface area (Å²) in [5.41, 5.74) is 7.28. The molecule has 0 radical (unpaired) electrons. The molecule has 2 aromatic carbocycles. The standard InChI is InChI=1S/C29H38N4O7/c1-3-18(2)25(33-26(36)21(30)14-15-24(34)35)28(38)31-22(16-19-10-6-4-7-11-19)27(37)32-23(29(39)40)17-20-12-8-5-9-13-20/h4-13,18,21-23,25H,3,14-17,30H2,1-2H3,(H,31,38)(H,32,37)(H,33,36)(H,34,35)(H,39,40). The fourth-order valence-corrected chi connectivity index (χ4v) is 4.02. The third-order valence-corrected chi connectivity index (χ3v) is 6.61. The highest BCUT2D eigenvalue weighted by Crippen LogP contribution is 2.12. The Labute approximate surface area is 233 Å². The van der Waals surface area contributed by atoms with E-state index in [0.717, 1.165) is 11.1 Å². The largest absolute Gasteiger partial charge is 0.481 e. The summed E-state index contributed by atoms with van der Waals surface area (Å²) >= 11 is 0. The number of benzene rings is 2. The second kappa shape index (κ2) is 16.0. The van der Waals surface area contributed by atoms with Crippen LogP contribution in [0, 0.1) is 5.92 Å². The van der Waals surface area contributed by atoms with Crippen molar-refractivity contribution in [2.24, 2.45) is 11.7 Å². The normalized spacial score (nSPS) is 14.6. The highest BCUT2D eigenvalue weighted by atomic mass is 16.4. The summed E-state index contributed by atoms with van der Waals surface area (Å²) < 4.78 is 0. The minimum atomic E-state index is -1.23. The summed E-state index contributed by atoms with van der Waals surface area (Å²) in [7, 11) is 0. The number of amides is 3. The number of rotatable bonds is 16. The first-order valence-electron chi connectivity index (χ1n) is 13.2. The van der Waals surface area contributed by atoms with Crippen LogP contribution in [0.25, 0.3) is 0 Å². The molecule has 0 saturated carbocycles. The van der Waals surface area contributed by atoms with E-state index in [1.165, 1.54) is 0 Å². The minimum absolute atomic E-state index is 0.0493. The van der Waals surface area contributed by atoms with E-state index in [9.17, 15) is 29.1 Å². The zero-order chi connectivity index (χ0) is 29.7. The molecule has 7 N–H and O–H groups in total. The van der Waals surface area contributed by atoms with E-state index in [1.54, 1.807) is 67.6 Å². The molecule has 5 unspecified atom stereocenters. The van der Waals surface area contributed by atoms with Gasteiger partial charge in [-0.2, -0.15) is 0 Å². The lowest BCUT2D eigenvalue weighted by Crippen LogP contribution is -2.59. The van der Waals surface area contributed by atoms with Crippen LogP contribution >= 0.6 is 0 Å². The van der Waals surface area contributed by atoms with Crippen LogP contribution in [0.2, 0.25) is 0 Å². The third kappa shape index (κ3) is 10.5. The van der Waals surface area contributed by atoms with Crippen LogP contribution in [0.1, 0.15) is 44.2 Å². The Morgan fingerprint density at radius 1 is 0.750 bits per heavy atom. The van der Waals surface area contributed by atoms with Crippen LogP contribution in [-0.4, -0.2) is 64.0 Å². The van der Waals surface area contributed by atoms with Gasteiger partial charge in [0.1, 0.15) is 18.1 Å². The molecule has 0 heterocycles. The smallest absolute Gasteiger partial charge is 0.326 e. The van der Waals surface area contributed by atoms with Crippen LogP contribution in [0.15, 0.2) is 60.7 Å². The van der Waals surface area contributed by atoms with E-state index < -0.39 is 53.8 Å². The zero-order valence-electron chi connectivity index (χ0n) is 22.7. The number of nitrogens with two attached hydrogens (primary N) is 1. The lowest BCUT2D eigenvalue weighted by molar-refractivity contribution is -0.142. The molecule has 3 amide bonds. The molecule has 0 fully saturated rings. The van der Waals surface area contributed by atoms with Crippen molar-refractivity contribution in [3.63, 3.8) is 0 Å². The number of hydrogen-bond acceptors (Lipinski definition) is 6. The molecule has 0 aliphatic carbocycles. The Morgan fingerprint density at radius 3 is 1.73 bits per heavy atom. The van der Waals surface area contributed by atoms with Crippen LogP contribution in [0.5, 0.6) is 0 Å². The average molecular weight is 555 g/mol. The Balaban J connectivity index is 2.24. The Morgan fingerprint density at radius 2 is 1.25 bits per heavy atom. The molecule has 0 aromatic heterocycles. The van der Waals surface area contributed by atoms with Crippen molar-refractivity contribution in [1.29, 1.82) is 0 Å². The number of carbonyl (C=O) groups is 5.